The van der Waals surface area contributed by atoms with Crippen LogP contribution in [0.5, 0.6) is 0 Å². The normalized spacial score (nSPS) is 13.0. The van der Waals surface area contributed by atoms with Gasteiger partial charge in [-0.05, 0) is 6.92 Å². The van der Waals surface area contributed by atoms with Gasteiger partial charge in [0.25, 0.3) is 0 Å². The molecular formula is C9H17N3O3. The molecule has 0 bridgehead atoms. The molecule has 15 heavy (non-hydrogen) atoms. The lowest BCUT2D eigenvalue weighted by atomic mass is 10.3. The highest BCUT2D eigenvalue weighted by Gasteiger charge is 2.13. The number of rotatable bonds is 7. The number of methoxy groups -OCH3 is 1. The summed E-state index contributed by atoms with van der Waals surface area (Å²) in [6.45, 7) is 3.58. The molecule has 0 aliphatic carbocycles. The van der Waals surface area contributed by atoms with Crippen LogP contribution in [-0.4, -0.2) is 37.1 Å². The number of hydrogen-bond acceptors (Lipinski definition) is 6. The summed E-state index contributed by atoms with van der Waals surface area (Å²) in [4.78, 5) is 4.14. The van der Waals surface area contributed by atoms with Gasteiger partial charge in [-0.2, -0.15) is 4.98 Å². The molecule has 0 aliphatic rings. The van der Waals surface area contributed by atoms with E-state index in [-0.39, 0.29) is 6.04 Å². The quantitative estimate of drug-likeness (QED) is 0.658. The zero-order chi connectivity index (χ0) is 11.1. The van der Waals surface area contributed by atoms with Gasteiger partial charge in [0.05, 0.1) is 25.7 Å². The fourth-order valence-electron chi connectivity index (χ4n) is 1.08. The highest BCUT2D eigenvalue weighted by atomic mass is 16.5. The first-order valence-corrected chi connectivity index (χ1v) is 4.92. The summed E-state index contributed by atoms with van der Waals surface area (Å²) in [7, 11) is 1.58. The molecule has 1 rings (SSSR count). The molecule has 1 atom stereocenters. The average Bonchev–Trinajstić information content (AvgIpc) is 2.67. The monoisotopic (exact) mass is 215 g/mol. The zero-order valence-corrected chi connectivity index (χ0v) is 9.10. The maximum atomic E-state index is 5.73. The third-order valence-corrected chi connectivity index (χ3v) is 1.83. The summed E-state index contributed by atoms with van der Waals surface area (Å²) in [6, 6.07) is -0.334. The molecule has 6 heteroatoms. The minimum atomic E-state index is -0.334. The molecule has 0 radical (unpaired) electrons. The van der Waals surface area contributed by atoms with Gasteiger partial charge in [-0.3, -0.25) is 0 Å². The number of ether oxygens (including phenoxy) is 2. The van der Waals surface area contributed by atoms with Gasteiger partial charge in [0.15, 0.2) is 5.82 Å². The lowest BCUT2D eigenvalue weighted by Crippen LogP contribution is -2.17. The van der Waals surface area contributed by atoms with E-state index in [4.69, 9.17) is 19.7 Å². The summed E-state index contributed by atoms with van der Waals surface area (Å²) in [5, 5.41) is 3.77. The number of hydrogen-bond donors (Lipinski definition) is 1. The molecule has 2 N–H and O–H groups in total. The van der Waals surface area contributed by atoms with Crippen molar-refractivity contribution in [3.05, 3.63) is 11.7 Å². The van der Waals surface area contributed by atoms with E-state index in [1.54, 1.807) is 7.11 Å². The number of nitrogens with two attached hydrogens (primary N) is 1. The van der Waals surface area contributed by atoms with Crippen molar-refractivity contribution < 1.29 is 14.0 Å². The topological polar surface area (TPSA) is 83.4 Å². The van der Waals surface area contributed by atoms with Gasteiger partial charge in [0.2, 0.25) is 5.89 Å². The van der Waals surface area contributed by atoms with Crippen LogP contribution in [0.15, 0.2) is 4.52 Å². The van der Waals surface area contributed by atoms with Gasteiger partial charge in [-0.25, -0.2) is 0 Å². The third-order valence-electron chi connectivity index (χ3n) is 1.83. The van der Waals surface area contributed by atoms with Crippen LogP contribution in [0.2, 0.25) is 0 Å². The van der Waals surface area contributed by atoms with E-state index >= 15 is 0 Å². The molecule has 6 nitrogen and oxygen atoms in total. The first kappa shape index (κ1) is 12.1. The van der Waals surface area contributed by atoms with Crippen molar-refractivity contribution in [3.63, 3.8) is 0 Å². The highest BCUT2D eigenvalue weighted by molar-refractivity contribution is 4.92. The zero-order valence-electron chi connectivity index (χ0n) is 9.10. The van der Waals surface area contributed by atoms with Gasteiger partial charge in [-0.1, -0.05) is 5.16 Å². The largest absolute Gasteiger partial charge is 0.383 e. The van der Waals surface area contributed by atoms with E-state index in [1.165, 1.54) is 0 Å². The summed E-state index contributed by atoms with van der Waals surface area (Å²) < 4.78 is 15.1. The van der Waals surface area contributed by atoms with Gasteiger partial charge < -0.3 is 19.7 Å². The van der Waals surface area contributed by atoms with Crippen LogP contribution >= 0.6 is 0 Å². The molecule has 0 aromatic carbocycles. The van der Waals surface area contributed by atoms with Gasteiger partial charge in [-0.15, -0.1) is 0 Å². The molecule has 0 spiro atoms. The summed E-state index contributed by atoms with van der Waals surface area (Å²) >= 11 is 0. The second-order valence-corrected chi connectivity index (χ2v) is 3.06. The molecule has 1 unspecified atom stereocenters. The van der Waals surface area contributed by atoms with Crippen molar-refractivity contribution in [1.82, 2.24) is 10.1 Å². The first-order chi connectivity index (χ1) is 7.27. The molecule has 1 aromatic heterocycles. The molecule has 0 saturated carbocycles. The fourth-order valence-corrected chi connectivity index (χ4v) is 1.08. The van der Waals surface area contributed by atoms with E-state index in [1.807, 2.05) is 6.92 Å². The van der Waals surface area contributed by atoms with Crippen LogP contribution in [-0.2, 0) is 15.9 Å². The highest BCUT2D eigenvalue weighted by Crippen LogP contribution is 2.06. The Morgan fingerprint density at radius 1 is 1.53 bits per heavy atom. The van der Waals surface area contributed by atoms with Crippen LogP contribution in [0.3, 0.4) is 0 Å². The molecule has 0 fully saturated rings. The summed E-state index contributed by atoms with van der Waals surface area (Å²) in [5.74, 6) is 1.02. The van der Waals surface area contributed by atoms with Gasteiger partial charge in [0.1, 0.15) is 0 Å². The minimum Gasteiger partial charge on any atom is -0.383 e. The maximum absolute atomic E-state index is 5.73. The van der Waals surface area contributed by atoms with Crippen molar-refractivity contribution in [1.29, 1.82) is 0 Å². The predicted octanol–water partition coefficient (Wildman–Crippen LogP) is 0.295. The summed E-state index contributed by atoms with van der Waals surface area (Å²) in [5.41, 5.74) is 5.73. The van der Waals surface area contributed by atoms with E-state index < -0.39 is 0 Å². The van der Waals surface area contributed by atoms with E-state index in [9.17, 15) is 0 Å². The maximum Gasteiger partial charge on any atom is 0.229 e. The van der Waals surface area contributed by atoms with E-state index in [0.29, 0.717) is 38.0 Å². The Labute approximate surface area is 88.7 Å². The molecule has 1 heterocycles. The van der Waals surface area contributed by atoms with Crippen molar-refractivity contribution in [2.45, 2.75) is 19.4 Å². The van der Waals surface area contributed by atoms with Crippen LogP contribution in [0.4, 0.5) is 0 Å². The van der Waals surface area contributed by atoms with E-state index in [0.717, 1.165) is 0 Å². The van der Waals surface area contributed by atoms with Crippen LogP contribution in [0.1, 0.15) is 24.7 Å². The molecule has 1 aromatic rings. The fraction of sp³-hybridized carbons (Fsp3) is 0.778. The van der Waals surface area contributed by atoms with Crippen molar-refractivity contribution in [2.75, 3.05) is 26.9 Å². The number of aromatic nitrogens is 2. The molecule has 0 amide bonds. The van der Waals surface area contributed by atoms with Gasteiger partial charge >= 0.3 is 0 Å². The molecule has 0 aliphatic heterocycles. The average molecular weight is 215 g/mol. The Kier molecular flexibility index (Phi) is 5.23. The second kappa shape index (κ2) is 6.49. The standard InChI is InChI=1S/C9H17N3O3/c1-3-14-5-4-8-11-9(12-15-8)7(10)6-13-2/h7H,3-6,10H2,1-2H3. The van der Waals surface area contributed by atoms with E-state index in [2.05, 4.69) is 10.1 Å². The third kappa shape index (κ3) is 3.94. The van der Waals surface area contributed by atoms with Crippen LogP contribution in [0, 0.1) is 0 Å². The van der Waals surface area contributed by atoms with Crippen molar-refractivity contribution >= 4 is 0 Å². The first-order valence-electron chi connectivity index (χ1n) is 4.92. The number of nitrogens with zero attached hydrogens (tertiary/aromatic N) is 2. The van der Waals surface area contributed by atoms with Crippen molar-refractivity contribution in [3.8, 4) is 0 Å². The summed E-state index contributed by atoms with van der Waals surface area (Å²) in [6.07, 6.45) is 0.612. The molecular weight excluding hydrogens is 198 g/mol. The SMILES string of the molecule is CCOCCc1nc(C(N)COC)no1. The smallest absolute Gasteiger partial charge is 0.229 e. The Hall–Kier alpha value is -0.980. The second-order valence-electron chi connectivity index (χ2n) is 3.06. The predicted molar refractivity (Wildman–Crippen MR) is 53.3 cm³/mol. The Morgan fingerprint density at radius 3 is 3.00 bits per heavy atom. The van der Waals surface area contributed by atoms with Crippen molar-refractivity contribution in [2.24, 2.45) is 5.73 Å². The lowest BCUT2D eigenvalue weighted by Gasteiger charge is -2.03. The minimum absolute atomic E-state index is 0.334. The Bertz CT molecular complexity index is 277. The lowest BCUT2D eigenvalue weighted by molar-refractivity contribution is 0.144. The Morgan fingerprint density at radius 2 is 2.33 bits per heavy atom. The molecule has 86 valence electrons. The van der Waals surface area contributed by atoms with Crippen LogP contribution in [0.25, 0.3) is 0 Å². The Balaban J connectivity index is 2.41. The van der Waals surface area contributed by atoms with Crippen LogP contribution < -0.4 is 5.73 Å². The van der Waals surface area contributed by atoms with Gasteiger partial charge in [0, 0.05) is 13.7 Å². The molecule has 0 saturated heterocycles.